The molecule has 1 aliphatic rings. The van der Waals surface area contributed by atoms with Gasteiger partial charge in [0.1, 0.15) is 5.82 Å². The number of benzene rings is 1. The van der Waals surface area contributed by atoms with E-state index in [1.165, 1.54) is 5.56 Å². The number of rotatable bonds is 4. The quantitative estimate of drug-likeness (QED) is 0.920. The maximum Gasteiger partial charge on any atom is 0.230 e. The fraction of sp³-hybridized carbons (Fsp3) is 0.400. The lowest BCUT2D eigenvalue weighted by molar-refractivity contribution is -0.136. The predicted octanol–water partition coefficient (Wildman–Crippen LogP) is 2.12. The molecule has 1 aliphatic heterocycles. The van der Waals surface area contributed by atoms with E-state index >= 15 is 0 Å². The number of hydrogen-bond acceptors (Lipinski definition) is 3. The largest absolute Gasteiger partial charge is 0.342 e. The fourth-order valence-corrected chi connectivity index (χ4v) is 2.84. The van der Waals surface area contributed by atoms with E-state index in [1.54, 1.807) is 0 Å². The third kappa shape index (κ3) is 3.50. The van der Waals surface area contributed by atoms with Crippen LogP contribution in [-0.4, -0.2) is 39.1 Å². The number of nitrogens with zero attached hydrogens (tertiary/aromatic N) is 3. The van der Waals surface area contributed by atoms with Crippen molar-refractivity contribution >= 4 is 21.8 Å². The lowest BCUT2D eigenvalue weighted by Crippen LogP contribution is -2.51. The van der Waals surface area contributed by atoms with Gasteiger partial charge in [-0.25, -0.2) is 4.98 Å². The summed E-state index contributed by atoms with van der Waals surface area (Å²) in [6.45, 7) is 3.50. The summed E-state index contributed by atoms with van der Waals surface area (Å²) in [5.41, 5.74) is 1.32. The van der Waals surface area contributed by atoms with Gasteiger partial charge in [-0.15, -0.1) is 0 Å². The third-order valence-electron chi connectivity index (χ3n) is 3.70. The smallest absolute Gasteiger partial charge is 0.230 e. The van der Waals surface area contributed by atoms with Crippen molar-refractivity contribution < 1.29 is 4.79 Å². The van der Waals surface area contributed by atoms with Gasteiger partial charge in [0.15, 0.2) is 5.82 Å². The summed E-state index contributed by atoms with van der Waals surface area (Å²) in [7, 11) is 0. The minimum atomic E-state index is 0.112. The Morgan fingerprint density at radius 3 is 2.71 bits per heavy atom. The van der Waals surface area contributed by atoms with Crippen molar-refractivity contribution in [2.75, 3.05) is 13.1 Å². The molecule has 5 nitrogen and oxygen atoms in total. The highest BCUT2D eigenvalue weighted by molar-refractivity contribution is 9.10. The zero-order valence-electron chi connectivity index (χ0n) is 11.8. The van der Waals surface area contributed by atoms with Gasteiger partial charge in [0.05, 0.1) is 6.42 Å². The molecule has 110 valence electrons. The van der Waals surface area contributed by atoms with Crippen LogP contribution in [0.1, 0.15) is 17.2 Å². The molecule has 6 heteroatoms. The van der Waals surface area contributed by atoms with E-state index in [0.29, 0.717) is 11.7 Å². The maximum absolute atomic E-state index is 12.1. The minimum absolute atomic E-state index is 0.112. The molecule has 1 aromatic heterocycles. The highest BCUT2D eigenvalue weighted by Crippen LogP contribution is 2.22. The van der Waals surface area contributed by atoms with E-state index in [2.05, 4.69) is 55.4 Å². The molecule has 1 fully saturated rings. The zero-order valence-corrected chi connectivity index (χ0v) is 13.4. The first-order chi connectivity index (χ1) is 10.1. The highest BCUT2D eigenvalue weighted by Gasteiger charge is 2.30. The van der Waals surface area contributed by atoms with Crippen LogP contribution < -0.4 is 0 Å². The van der Waals surface area contributed by atoms with Crippen LogP contribution in [0.15, 0.2) is 28.7 Å². The summed E-state index contributed by atoms with van der Waals surface area (Å²) in [5, 5.41) is 6.76. The van der Waals surface area contributed by atoms with Crippen molar-refractivity contribution in [3.8, 4) is 0 Å². The van der Waals surface area contributed by atoms with Gasteiger partial charge in [0.25, 0.3) is 0 Å². The van der Waals surface area contributed by atoms with Crippen molar-refractivity contribution in [3.05, 3.63) is 46.0 Å². The van der Waals surface area contributed by atoms with Gasteiger partial charge >= 0.3 is 0 Å². The number of H-pyrrole nitrogens is 1. The van der Waals surface area contributed by atoms with Gasteiger partial charge in [-0.1, -0.05) is 28.1 Å². The molecule has 0 atom stereocenters. The van der Waals surface area contributed by atoms with E-state index in [9.17, 15) is 4.79 Å². The van der Waals surface area contributed by atoms with Crippen LogP contribution in [0, 0.1) is 12.8 Å². The topological polar surface area (TPSA) is 61.9 Å². The molecule has 0 radical (unpaired) electrons. The molecule has 1 aromatic carbocycles. The lowest BCUT2D eigenvalue weighted by Gasteiger charge is -2.39. The molecule has 1 amide bonds. The molecule has 2 heterocycles. The Balaban J connectivity index is 1.46. The highest BCUT2D eigenvalue weighted by atomic mass is 79.9. The molecule has 3 rings (SSSR count). The Hall–Kier alpha value is -1.69. The van der Waals surface area contributed by atoms with E-state index in [-0.39, 0.29) is 12.3 Å². The number of halogens is 1. The first-order valence-corrected chi connectivity index (χ1v) is 7.79. The van der Waals surface area contributed by atoms with Gasteiger partial charge in [-0.3, -0.25) is 9.89 Å². The van der Waals surface area contributed by atoms with Gasteiger partial charge < -0.3 is 4.90 Å². The zero-order chi connectivity index (χ0) is 14.8. The van der Waals surface area contributed by atoms with Crippen LogP contribution in [0.2, 0.25) is 0 Å². The number of carbonyl (C=O) groups is 1. The van der Waals surface area contributed by atoms with E-state index in [1.807, 2.05) is 11.8 Å². The van der Waals surface area contributed by atoms with E-state index in [0.717, 1.165) is 29.8 Å². The average Bonchev–Trinajstić information content (AvgIpc) is 2.80. The number of amides is 1. The number of hydrogen-bond donors (Lipinski definition) is 1. The standard InChI is InChI=1S/C15H17BrN4O/c1-10-17-14(19-18-10)7-15(21)20-8-12(9-20)6-11-2-4-13(16)5-3-11/h2-5,12H,6-9H2,1H3,(H,17,18,19). The number of carbonyl (C=O) groups excluding carboxylic acids is 1. The van der Waals surface area contributed by atoms with Crippen LogP contribution in [0.3, 0.4) is 0 Å². The van der Waals surface area contributed by atoms with Crippen molar-refractivity contribution in [1.82, 2.24) is 20.1 Å². The normalized spacial score (nSPS) is 15.0. The summed E-state index contributed by atoms with van der Waals surface area (Å²) < 4.78 is 1.10. The SMILES string of the molecule is Cc1nc(CC(=O)N2CC(Cc3ccc(Br)cc3)C2)n[nH]1. The molecule has 0 unspecified atom stereocenters. The Morgan fingerprint density at radius 2 is 2.10 bits per heavy atom. The molecule has 0 saturated carbocycles. The molecule has 1 saturated heterocycles. The number of likely N-dealkylation sites (tertiary alicyclic amines) is 1. The lowest BCUT2D eigenvalue weighted by atomic mass is 9.92. The molecule has 0 spiro atoms. The van der Waals surface area contributed by atoms with Gasteiger partial charge in [-0.2, -0.15) is 5.10 Å². The molecule has 21 heavy (non-hydrogen) atoms. The van der Waals surface area contributed by atoms with Crippen LogP contribution >= 0.6 is 15.9 Å². The second kappa shape index (κ2) is 5.97. The van der Waals surface area contributed by atoms with Crippen LogP contribution in [-0.2, 0) is 17.6 Å². The summed E-state index contributed by atoms with van der Waals surface area (Å²) in [6.07, 6.45) is 1.31. The maximum atomic E-state index is 12.1. The third-order valence-corrected chi connectivity index (χ3v) is 4.23. The number of nitrogens with one attached hydrogen (secondary N) is 1. The summed E-state index contributed by atoms with van der Waals surface area (Å²) >= 11 is 3.44. The van der Waals surface area contributed by atoms with Crippen molar-refractivity contribution in [1.29, 1.82) is 0 Å². The minimum Gasteiger partial charge on any atom is -0.342 e. The molecular weight excluding hydrogens is 332 g/mol. The summed E-state index contributed by atoms with van der Waals surface area (Å²) in [6, 6.07) is 8.38. The molecule has 0 bridgehead atoms. The first kappa shape index (κ1) is 14.3. The van der Waals surface area contributed by atoms with E-state index in [4.69, 9.17) is 0 Å². The Morgan fingerprint density at radius 1 is 1.38 bits per heavy atom. The monoisotopic (exact) mass is 348 g/mol. The van der Waals surface area contributed by atoms with Gasteiger partial charge in [-0.05, 0) is 37.0 Å². The average molecular weight is 349 g/mol. The van der Waals surface area contributed by atoms with Crippen molar-refractivity contribution in [3.63, 3.8) is 0 Å². The Bertz CT molecular complexity index is 631. The van der Waals surface area contributed by atoms with Crippen LogP contribution in [0.4, 0.5) is 0 Å². The second-order valence-electron chi connectivity index (χ2n) is 5.51. The second-order valence-corrected chi connectivity index (χ2v) is 6.42. The van der Waals surface area contributed by atoms with Crippen LogP contribution in [0.25, 0.3) is 0 Å². The predicted molar refractivity (Wildman–Crippen MR) is 82.7 cm³/mol. The number of aryl methyl sites for hydroxylation is 1. The summed E-state index contributed by atoms with van der Waals surface area (Å²) in [4.78, 5) is 18.1. The number of aromatic nitrogens is 3. The van der Waals surface area contributed by atoms with Gasteiger partial charge in [0, 0.05) is 17.6 Å². The molecular formula is C15H17BrN4O. The van der Waals surface area contributed by atoms with E-state index < -0.39 is 0 Å². The first-order valence-electron chi connectivity index (χ1n) is 7.00. The number of aromatic amines is 1. The van der Waals surface area contributed by atoms with Gasteiger partial charge in [0.2, 0.25) is 5.91 Å². The molecule has 1 N–H and O–H groups in total. The molecule has 0 aliphatic carbocycles. The molecule has 2 aromatic rings. The Kier molecular flexibility index (Phi) is 4.05. The fourth-order valence-electron chi connectivity index (χ4n) is 2.57. The van der Waals surface area contributed by atoms with Crippen molar-refractivity contribution in [2.24, 2.45) is 5.92 Å². The van der Waals surface area contributed by atoms with Crippen molar-refractivity contribution in [2.45, 2.75) is 19.8 Å². The Labute approximate surface area is 131 Å². The van der Waals surface area contributed by atoms with Crippen LogP contribution in [0.5, 0.6) is 0 Å². The summed E-state index contributed by atoms with van der Waals surface area (Å²) in [5.74, 6) is 1.99.